The molecule has 1 aliphatic rings. The number of hydrogen-bond acceptors (Lipinski definition) is 3. The Morgan fingerprint density at radius 2 is 2.12 bits per heavy atom. The molecule has 3 rings (SSSR count). The van der Waals surface area contributed by atoms with E-state index >= 15 is 0 Å². The first-order valence-electron chi connectivity index (χ1n) is 7.86. The maximum absolute atomic E-state index is 12.3. The van der Waals surface area contributed by atoms with Gasteiger partial charge in [-0.2, -0.15) is 0 Å². The molecule has 6 heteroatoms. The van der Waals surface area contributed by atoms with Crippen molar-refractivity contribution < 1.29 is 9.59 Å². The molecule has 0 radical (unpaired) electrons. The number of carbonyl (C=O) groups is 2. The highest BCUT2D eigenvalue weighted by Crippen LogP contribution is 2.31. The van der Waals surface area contributed by atoms with Crippen molar-refractivity contribution in [3.05, 3.63) is 58.8 Å². The Labute approximate surface area is 149 Å². The van der Waals surface area contributed by atoms with Gasteiger partial charge >= 0.3 is 0 Å². The number of para-hydroxylation sites is 1. The third-order valence-electron chi connectivity index (χ3n) is 4.07. The van der Waals surface area contributed by atoms with Gasteiger partial charge in [-0.05, 0) is 46.1 Å². The molecule has 0 unspecified atom stereocenters. The van der Waals surface area contributed by atoms with Crippen LogP contribution >= 0.6 is 15.9 Å². The Kier molecular flexibility index (Phi) is 5.25. The van der Waals surface area contributed by atoms with Crippen molar-refractivity contribution >= 4 is 33.4 Å². The van der Waals surface area contributed by atoms with Gasteiger partial charge in [0.2, 0.25) is 11.8 Å². The molecule has 1 saturated heterocycles. The molecule has 1 N–H and O–H groups in total. The lowest BCUT2D eigenvalue weighted by Gasteiger charge is -2.18. The summed E-state index contributed by atoms with van der Waals surface area (Å²) in [5.41, 5.74) is 1.89. The van der Waals surface area contributed by atoms with E-state index in [1.807, 2.05) is 36.4 Å². The van der Waals surface area contributed by atoms with E-state index in [4.69, 9.17) is 0 Å². The first-order chi connectivity index (χ1) is 11.6. The summed E-state index contributed by atoms with van der Waals surface area (Å²) in [6.07, 6.45) is 4.50. The van der Waals surface area contributed by atoms with Gasteiger partial charge in [0.25, 0.3) is 0 Å². The minimum absolute atomic E-state index is 0.0192. The second-order valence-electron chi connectivity index (χ2n) is 5.76. The van der Waals surface area contributed by atoms with E-state index in [0.29, 0.717) is 13.1 Å². The zero-order valence-corrected chi connectivity index (χ0v) is 14.7. The van der Waals surface area contributed by atoms with Crippen LogP contribution in [-0.2, 0) is 16.0 Å². The predicted molar refractivity (Wildman–Crippen MR) is 95.6 cm³/mol. The van der Waals surface area contributed by atoms with Gasteiger partial charge < -0.3 is 10.2 Å². The Morgan fingerprint density at radius 1 is 1.29 bits per heavy atom. The predicted octanol–water partition coefficient (Wildman–Crippen LogP) is 2.56. The summed E-state index contributed by atoms with van der Waals surface area (Å²) in [4.78, 5) is 30.3. The van der Waals surface area contributed by atoms with Crippen molar-refractivity contribution in [2.45, 2.75) is 12.8 Å². The molecule has 0 aliphatic carbocycles. The van der Waals surface area contributed by atoms with Crippen LogP contribution in [0.2, 0.25) is 0 Å². The lowest BCUT2D eigenvalue weighted by molar-refractivity contribution is -0.126. The monoisotopic (exact) mass is 387 g/mol. The Balaban J connectivity index is 1.55. The van der Waals surface area contributed by atoms with E-state index in [9.17, 15) is 9.59 Å². The van der Waals surface area contributed by atoms with Gasteiger partial charge in [-0.15, -0.1) is 0 Å². The number of rotatable bonds is 5. The van der Waals surface area contributed by atoms with E-state index in [1.165, 1.54) is 0 Å². The van der Waals surface area contributed by atoms with E-state index < -0.39 is 0 Å². The number of anilines is 1. The van der Waals surface area contributed by atoms with Gasteiger partial charge in [-0.1, -0.05) is 18.2 Å². The molecule has 2 heterocycles. The number of benzene rings is 1. The van der Waals surface area contributed by atoms with E-state index in [0.717, 1.165) is 22.1 Å². The summed E-state index contributed by atoms with van der Waals surface area (Å²) in [7, 11) is 0. The van der Waals surface area contributed by atoms with Gasteiger partial charge in [0, 0.05) is 36.4 Å². The molecule has 124 valence electrons. The number of aromatic nitrogens is 1. The normalized spacial score (nSPS) is 17.1. The van der Waals surface area contributed by atoms with Crippen LogP contribution in [0.25, 0.3) is 0 Å². The van der Waals surface area contributed by atoms with E-state index in [-0.39, 0.29) is 24.2 Å². The molecule has 2 aromatic rings. The average molecular weight is 388 g/mol. The van der Waals surface area contributed by atoms with Crippen LogP contribution in [-0.4, -0.2) is 29.9 Å². The number of carbonyl (C=O) groups excluding carboxylic acids is 2. The molecular formula is C18H18BrN3O2. The first-order valence-corrected chi connectivity index (χ1v) is 8.66. The molecule has 1 aliphatic heterocycles. The topological polar surface area (TPSA) is 62.3 Å². The molecule has 1 aromatic heterocycles. The molecule has 0 spiro atoms. The van der Waals surface area contributed by atoms with Gasteiger partial charge in [-0.25, -0.2) is 0 Å². The van der Waals surface area contributed by atoms with Crippen molar-refractivity contribution in [3.8, 4) is 0 Å². The molecule has 5 nitrogen and oxygen atoms in total. The van der Waals surface area contributed by atoms with Crippen molar-refractivity contribution in [2.75, 3.05) is 18.0 Å². The standard InChI is InChI=1S/C18H18BrN3O2/c19-15-5-1-2-6-16(15)22-12-14(10-17(22)23)18(24)21-9-7-13-4-3-8-20-11-13/h1-6,8,11,14H,7,9-10,12H2,(H,21,24)/t14-/m0/s1. The van der Waals surface area contributed by atoms with E-state index in [2.05, 4.69) is 26.2 Å². The second kappa shape index (κ2) is 7.57. The second-order valence-corrected chi connectivity index (χ2v) is 6.61. The smallest absolute Gasteiger partial charge is 0.227 e. The number of nitrogens with zero attached hydrogens (tertiary/aromatic N) is 2. The average Bonchev–Trinajstić information content (AvgIpc) is 2.98. The van der Waals surface area contributed by atoms with Crippen LogP contribution in [0.4, 0.5) is 5.69 Å². The fraction of sp³-hybridized carbons (Fsp3) is 0.278. The number of pyridine rings is 1. The zero-order chi connectivity index (χ0) is 16.9. The molecular weight excluding hydrogens is 370 g/mol. The molecule has 24 heavy (non-hydrogen) atoms. The number of nitrogens with one attached hydrogen (secondary N) is 1. The van der Waals surface area contributed by atoms with Gasteiger partial charge in [0.05, 0.1) is 11.6 Å². The van der Waals surface area contributed by atoms with Crippen molar-refractivity contribution in [1.29, 1.82) is 0 Å². The van der Waals surface area contributed by atoms with Crippen molar-refractivity contribution in [1.82, 2.24) is 10.3 Å². The van der Waals surface area contributed by atoms with E-state index in [1.54, 1.807) is 17.3 Å². The highest BCUT2D eigenvalue weighted by atomic mass is 79.9. The summed E-state index contributed by atoms with van der Waals surface area (Å²) in [6.45, 7) is 0.963. The number of amides is 2. The lowest BCUT2D eigenvalue weighted by atomic mass is 10.1. The fourth-order valence-electron chi connectivity index (χ4n) is 2.81. The van der Waals surface area contributed by atoms with Gasteiger partial charge in [-0.3, -0.25) is 14.6 Å². The molecule has 1 atom stereocenters. The van der Waals surface area contributed by atoms with Crippen LogP contribution in [0.1, 0.15) is 12.0 Å². The SMILES string of the molecule is O=C(NCCc1cccnc1)[C@H]1CC(=O)N(c2ccccc2Br)C1. The highest BCUT2D eigenvalue weighted by Gasteiger charge is 2.35. The highest BCUT2D eigenvalue weighted by molar-refractivity contribution is 9.10. The van der Waals surface area contributed by atoms with Crippen LogP contribution in [0.5, 0.6) is 0 Å². The van der Waals surface area contributed by atoms with Crippen LogP contribution < -0.4 is 10.2 Å². The van der Waals surface area contributed by atoms with Gasteiger partial charge in [0.15, 0.2) is 0 Å². The minimum atomic E-state index is -0.307. The van der Waals surface area contributed by atoms with Crippen molar-refractivity contribution in [2.24, 2.45) is 5.92 Å². The van der Waals surface area contributed by atoms with Crippen molar-refractivity contribution in [3.63, 3.8) is 0 Å². The Morgan fingerprint density at radius 3 is 2.88 bits per heavy atom. The summed E-state index contributed by atoms with van der Waals surface area (Å²) in [6, 6.07) is 11.4. The third-order valence-corrected chi connectivity index (χ3v) is 4.75. The summed E-state index contributed by atoms with van der Waals surface area (Å²) in [5, 5.41) is 2.92. The fourth-order valence-corrected chi connectivity index (χ4v) is 3.31. The molecule has 0 bridgehead atoms. The van der Waals surface area contributed by atoms with Gasteiger partial charge in [0.1, 0.15) is 0 Å². The maximum atomic E-state index is 12.3. The first kappa shape index (κ1) is 16.6. The van der Waals surface area contributed by atoms with Crippen LogP contribution in [0.15, 0.2) is 53.3 Å². The Hall–Kier alpha value is -2.21. The molecule has 1 fully saturated rings. The summed E-state index contributed by atoms with van der Waals surface area (Å²) < 4.78 is 0.857. The number of halogens is 1. The molecule has 1 aromatic carbocycles. The quantitative estimate of drug-likeness (QED) is 0.857. The summed E-state index contributed by atoms with van der Waals surface area (Å²) >= 11 is 3.46. The zero-order valence-electron chi connectivity index (χ0n) is 13.1. The lowest BCUT2D eigenvalue weighted by Crippen LogP contribution is -2.34. The molecule has 2 amide bonds. The van der Waals surface area contributed by atoms with Crippen LogP contribution in [0.3, 0.4) is 0 Å². The Bertz CT molecular complexity index is 736. The van der Waals surface area contributed by atoms with Crippen LogP contribution in [0, 0.1) is 5.92 Å². The number of hydrogen-bond donors (Lipinski definition) is 1. The summed E-state index contributed by atoms with van der Waals surface area (Å²) in [5.74, 6) is -0.394. The largest absolute Gasteiger partial charge is 0.355 e. The minimum Gasteiger partial charge on any atom is -0.355 e. The third kappa shape index (κ3) is 3.82. The maximum Gasteiger partial charge on any atom is 0.227 e. The molecule has 0 saturated carbocycles.